The Labute approximate surface area is 165 Å². The van der Waals surface area contributed by atoms with Crippen LogP contribution < -0.4 is 0 Å². The number of benzene rings is 2. The Morgan fingerprint density at radius 3 is 1.18 bits per heavy atom. The van der Waals surface area contributed by atoms with Crippen LogP contribution in [0.2, 0.25) is 0 Å². The first-order valence-corrected chi connectivity index (χ1v) is 11.6. The SMILES string of the molecule is CCN(CCN(CC)S(=O)(=O)c1ccc(O)cc1)S(=O)(=O)c1ccc(O)cc1. The van der Waals surface area contributed by atoms with Crippen molar-refractivity contribution in [1.82, 2.24) is 8.61 Å². The van der Waals surface area contributed by atoms with Gasteiger partial charge in [0.1, 0.15) is 11.5 Å². The maximum absolute atomic E-state index is 12.8. The molecule has 154 valence electrons. The Morgan fingerprint density at radius 2 is 0.929 bits per heavy atom. The maximum Gasteiger partial charge on any atom is 0.243 e. The van der Waals surface area contributed by atoms with Gasteiger partial charge in [-0.2, -0.15) is 8.61 Å². The molecule has 0 unspecified atom stereocenters. The number of rotatable bonds is 9. The molecule has 0 aliphatic rings. The molecule has 28 heavy (non-hydrogen) atoms. The smallest absolute Gasteiger partial charge is 0.243 e. The van der Waals surface area contributed by atoms with E-state index in [0.29, 0.717) is 0 Å². The summed E-state index contributed by atoms with van der Waals surface area (Å²) in [7, 11) is -7.64. The summed E-state index contributed by atoms with van der Waals surface area (Å²) < 4.78 is 53.5. The lowest BCUT2D eigenvalue weighted by atomic mass is 10.3. The summed E-state index contributed by atoms with van der Waals surface area (Å²) in [6, 6.07) is 10.4. The molecule has 0 aromatic heterocycles. The van der Waals surface area contributed by atoms with E-state index in [1.54, 1.807) is 13.8 Å². The van der Waals surface area contributed by atoms with E-state index >= 15 is 0 Å². The predicted octanol–water partition coefficient (Wildman–Crippen LogP) is 1.82. The molecular weight excluding hydrogens is 404 g/mol. The lowest BCUT2D eigenvalue weighted by Crippen LogP contribution is -2.40. The van der Waals surface area contributed by atoms with Crippen molar-refractivity contribution in [2.24, 2.45) is 0 Å². The molecule has 0 heterocycles. The van der Waals surface area contributed by atoms with E-state index in [2.05, 4.69) is 0 Å². The summed E-state index contributed by atoms with van der Waals surface area (Å²) in [5.41, 5.74) is 0. The first-order chi connectivity index (χ1) is 13.1. The molecule has 2 N–H and O–H groups in total. The van der Waals surface area contributed by atoms with Crippen molar-refractivity contribution in [3.05, 3.63) is 48.5 Å². The Morgan fingerprint density at radius 1 is 0.643 bits per heavy atom. The molecule has 2 rings (SSSR count). The minimum absolute atomic E-state index is 0.0230. The second-order valence-corrected chi connectivity index (χ2v) is 9.86. The van der Waals surface area contributed by atoms with E-state index in [9.17, 15) is 27.0 Å². The summed E-state index contributed by atoms with van der Waals surface area (Å²) in [4.78, 5) is 0.0492. The third-order valence-corrected chi connectivity index (χ3v) is 8.23. The summed E-state index contributed by atoms with van der Waals surface area (Å²) in [6.45, 7) is 3.63. The lowest BCUT2D eigenvalue weighted by Gasteiger charge is -2.25. The van der Waals surface area contributed by atoms with Crippen LogP contribution in [0.4, 0.5) is 0 Å². The van der Waals surface area contributed by atoms with Gasteiger partial charge in [0.2, 0.25) is 20.0 Å². The summed E-state index contributed by atoms with van der Waals surface area (Å²) >= 11 is 0. The van der Waals surface area contributed by atoms with Gasteiger partial charge in [-0.3, -0.25) is 0 Å². The van der Waals surface area contributed by atoms with Gasteiger partial charge in [-0.25, -0.2) is 16.8 Å². The van der Waals surface area contributed by atoms with Crippen LogP contribution in [0.25, 0.3) is 0 Å². The topological polar surface area (TPSA) is 115 Å². The molecule has 0 saturated heterocycles. The van der Waals surface area contributed by atoms with Gasteiger partial charge in [0.05, 0.1) is 9.79 Å². The highest BCUT2D eigenvalue weighted by Gasteiger charge is 2.27. The van der Waals surface area contributed by atoms with E-state index in [0.717, 1.165) is 0 Å². The summed E-state index contributed by atoms with van der Waals surface area (Å²) in [5, 5.41) is 18.7. The number of likely N-dealkylation sites (N-methyl/N-ethyl adjacent to an activating group) is 2. The number of hydrogen-bond donors (Lipinski definition) is 2. The molecule has 2 aromatic rings. The van der Waals surface area contributed by atoms with Gasteiger partial charge in [-0.05, 0) is 48.5 Å². The van der Waals surface area contributed by atoms with Gasteiger partial charge >= 0.3 is 0 Å². The maximum atomic E-state index is 12.8. The van der Waals surface area contributed by atoms with Crippen LogP contribution in [0.3, 0.4) is 0 Å². The van der Waals surface area contributed by atoms with Gasteiger partial charge in [0, 0.05) is 26.2 Å². The molecule has 0 amide bonds. The zero-order valence-electron chi connectivity index (χ0n) is 15.7. The molecule has 0 fully saturated rings. The zero-order chi connectivity index (χ0) is 20.9. The van der Waals surface area contributed by atoms with Crippen LogP contribution in [0, 0.1) is 0 Å². The fourth-order valence-corrected chi connectivity index (χ4v) is 5.53. The number of hydrogen-bond acceptors (Lipinski definition) is 6. The first-order valence-electron chi connectivity index (χ1n) is 8.71. The Bertz CT molecular complexity index is 904. The van der Waals surface area contributed by atoms with Crippen LogP contribution in [0.5, 0.6) is 11.5 Å². The Kier molecular flexibility index (Phi) is 7.05. The quantitative estimate of drug-likeness (QED) is 0.630. The highest BCUT2D eigenvalue weighted by atomic mass is 32.2. The largest absolute Gasteiger partial charge is 0.508 e. The zero-order valence-corrected chi connectivity index (χ0v) is 17.3. The van der Waals surface area contributed by atoms with Crippen molar-refractivity contribution in [1.29, 1.82) is 0 Å². The highest BCUT2D eigenvalue weighted by Crippen LogP contribution is 2.21. The number of sulfonamides is 2. The van der Waals surface area contributed by atoms with Gasteiger partial charge in [0.15, 0.2) is 0 Å². The molecule has 0 aliphatic heterocycles. The van der Waals surface area contributed by atoms with E-state index < -0.39 is 20.0 Å². The number of aromatic hydroxyl groups is 2. The van der Waals surface area contributed by atoms with Crippen LogP contribution in [0.15, 0.2) is 58.3 Å². The Hall–Kier alpha value is -2.14. The molecule has 0 atom stereocenters. The second kappa shape index (κ2) is 8.91. The standard InChI is InChI=1S/C18H24N2O6S2/c1-3-19(27(23,24)17-9-5-15(21)6-10-17)13-14-20(4-2)28(25,26)18-11-7-16(22)8-12-18/h5-12,21-22H,3-4,13-14H2,1-2H3. The van der Waals surface area contributed by atoms with E-state index in [-0.39, 0.29) is 47.5 Å². The van der Waals surface area contributed by atoms with Crippen molar-refractivity contribution < 1.29 is 27.0 Å². The molecular formula is C18H24N2O6S2. The fraction of sp³-hybridized carbons (Fsp3) is 0.333. The van der Waals surface area contributed by atoms with Crippen LogP contribution >= 0.6 is 0 Å². The fourth-order valence-electron chi connectivity index (χ4n) is 2.65. The average Bonchev–Trinajstić information content (AvgIpc) is 2.65. The Balaban J connectivity index is 2.20. The molecule has 2 aromatic carbocycles. The summed E-state index contributed by atoms with van der Waals surface area (Å²) in [5.74, 6) is -0.0849. The lowest BCUT2D eigenvalue weighted by molar-refractivity contribution is 0.359. The first kappa shape index (κ1) is 22.2. The van der Waals surface area contributed by atoms with E-state index in [1.165, 1.54) is 57.1 Å². The van der Waals surface area contributed by atoms with E-state index in [1.807, 2.05) is 0 Å². The number of phenols is 2. The van der Waals surface area contributed by atoms with Crippen LogP contribution in [0.1, 0.15) is 13.8 Å². The van der Waals surface area contributed by atoms with Crippen molar-refractivity contribution >= 4 is 20.0 Å². The molecule has 0 saturated carbocycles. The van der Waals surface area contributed by atoms with Crippen molar-refractivity contribution in [2.75, 3.05) is 26.2 Å². The molecule has 0 radical (unpaired) electrons. The van der Waals surface area contributed by atoms with Crippen molar-refractivity contribution in [2.45, 2.75) is 23.6 Å². The monoisotopic (exact) mass is 428 g/mol. The highest BCUT2D eigenvalue weighted by molar-refractivity contribution is 7.89. The van der Waals surface area contributed by atoms with Gasteiger partial charge in [0.25, 0.3) is 0 Å². The third kappa shape index (κ3) is 4.82. The summed E-state index contributed by atoms with van der Waals surface area (Å²) in [6.07, 6.45) is 0. The minimum atomic E-state index is -3.82. The predicted molar refractivity (Wildman–Crippen MR) is 105 cm³/mol. The number of phenolic OH excluding ortho intramolecular Hbond substituents is 2. The molecule has 8 nitrogen and oxygen atoms in total. The molecule has 10 heteroatoms. The van der Waals surface area contributed by atoms with E-state index in [4.69, 9.17) is 0 Å². The van der Waals surface area contributed by atoms with Crippen LogP contribution in [-0.2, 0) is 20.0 Å². The third-order valence-electron chi connectivity index (χ3n) is 4.25. The normalized spacial score (nSPS) is 12.6. The van der Waals surface area contributed by atoms with Gasteiger partial charge < -0.3 is 10.2 Å². The second-order valence-electron chi connectivity index (χ2n) is 5.98. The minimum Gasteiger partial charge on any atom is -0.508 e. The van der Waals surface area contributed by atoms with Crippen LogP contribution in [-0.4, -0.2) is 61.8 Å². The average molecular weight is 429 g/mol. The van der Waals surface area contributed by atoms with Crippen molar-refractivity contribution in [3.8, 4) is 11.5 Å². The molecule has 0 aliphatic carbocycles. The molecule has 0 spiro atoms. The van der Waals surface area contributed by atoms with Crippen molar-refractivity contribution in [3.63, 3.8) is 0 Å². The number of nitrogens with zero attached hydrogens (tertiary/aromatic N) is 2. The van der Waals surface area contributed by atoms with Gasteiger partial charge in [-0.1, -0.05) is 13.8 Å². The molecule has 0 bridgehead atoms. The van der Waals surface area contributed by atoms with Gasteiger partial charge in [-0.15, -0.1) is 0 Å².